The molecule has 1 aliphatic rings. The van der Waals surface area contributed by atoms with E-state index in [0.717, 1.165) is 25.5 Å². The molecule has 0 aliphatic carbocycles. The first-order valence-electron chi connectivity index (χ1n) is 15.3. The highest BCUT2D eigenvalue weighted by atomic mass is 19.4. The third-order valence-electron chi connectivity index (χ3n) is 8.40. The van der Waals surface area contributed by atoms with Crippen LogP contribution >= 0.6 is 0 Å². The standard InChI is InChI=1S/C34H36F4N4O4/c1-3-46-26-13-11-24(12-14-26)42-32(39-30-9-5-4-8-27(30)33(42)45)22(2)41(18-17-40-16-6-7-25(40)21-43)31(44)20-23-10-15-29(35)28(19-23)34(36,37)38/h4-5,8-15,19,22,25,43H,3,6-7,16-18,20-21H2,1-2H3/t22?,25-/m0/s1. The first-order valence-corrected chi connectivity index (χ1v) is 15.3. The first-order chi connectivity index (χ1) is 22.0. The second kappa shape index (κ2) is 14.0. The lowest BCUT2D eigenvalue weighted by molar-refractivity contribution is -0.140. The fourth-order valence-corrected chi connectivity index (χ4v) is 6.02. The van der Waals surface area contributed by atoms with Gasteiger partial charge in [0, 0.05) is 19.1 Å². The average Bonchev–Trinajstić information content (AvgIpc) is 3.50. The van der Waals surface area contributed by atoms with Gasteiger partial charge in [-0.05, 0) is 87.3 Å². The lowest BCUT2D eigenvalue weighted by Gasteiger charge is -2.33. The van der Waals surface area contributed by atoms with Crippen LogP contribution in [0.4, 0.5) is 17.6 Å². The van der Waals surface area contributed by atoms with Gasteiger partial charge in [0.05, 0.1) is 47.8 Å². The summed E-state index contributed by atoms with van der Waals surface area (Å²) in [5.74, 6) is -1.07. The predicted molar refractivity (Wildman–Crippen MR) is 165 cm³/mol. The monoisotopic (exact) mass is 640 g/mol. The minimum Gasteiger partial charge on any atom is -0.494 e. The van der Waals surface area contributed by atoms with Crippen molar-refractivity contribution in [3.63, 3.8) is 0 Å². The van der Waals surface area contributed by atoms with Crippen molar-refractivity contribution in [1.82, 2.24) is 19.4 Å². The number of para-hydroxylation sites is 1. The van der Waals surface area contributed by atoms with Crippen LogP contribution < -0.4 is 10.3 Å². The minimum atomic E-state index is -4.92. The Morgan fingerprint density at radius 3 is 2.57 bits per heavy atom. The van der Waals surface area contributed by atoms with Gasteiger partial charge < -0.3 is 14.7 Å². The van der Waals surface area contributed by atoms with E-state index in [9.17, 15) is 32.3 Å². The molecule has 1 aromatic heterocycles. The molecule has 3 aromatic carbocycles. The van der Waals surface area contributed by atoms with Crippen molar-refractivity contribution in [3.8, 4) is 11.4 Å². The van der Waals surface area contributed by atoms with E-state index in [2.05, 4.69) is 4.90 Å². The second-order valence-electron chi connectivity index (χ2n) is 11.3. The number of halogens is 4. The lowest BCUT2D eigenvalue weighted by Crippen LogP contribution is -2.44. The van der Waals surface area contributed by atoms with Crippen LogP contribution in [0.5, 0.6) is 5.75 Å². The minimum absolute atomic E-state index is 0.000654. The zero-order valence-electron chi connectivity index (χ0n) is 25.6. The number of rotatable bonds is 11. The number of fused-ring (bicyclic) bond motifs is 1. The predicted octanol–water partition coefficient (Wildman–Crippen LogP) is 5.53. The van der Waals surface area contributed by atoms with E-state index in [1.807, 2.05) is 6.92 Å². The molecular formula is C34H36F4N4O4. The smallest absolute Gasteiger partial charge is 0.419 e. The zero-order chi connectivity index (χ0) is 33.0. The van der Waals surface area contributed by atoms with Gasteiger partial charge in [0.25, 0.3) is 5.56 Å². The van der Waals surface area contributed by atoms with Crippen LogP contribution in [0.15, 0.2) is 71.5 Å². The maximum atomic E-state index is 14.0. The van der Waals surface area contributed by atoms with Crippen LogP contribution in [0.2, 0.25) is 0 Å². The molecule has 0 bridgehead atoms. The summed E-state index contributed by atoms with van der Waals surface area (Å²) in [6.45, 7) is 5.26. The fraction of sp³-hybridized carbons (Fsp3) is 0.382. The Labute approximate surface area is 263 Å². The summed E-state index contributed by atoms with van der Waals surface area (Å²) < 4.78 is 61.4. The number of nitrogens with zero attached hydrogens (tertiary/aromatic N) is 4. The Bertz CT molecular complexity index is 1740. The van der Waals surface area contributed by atoms with Crippen LogP contribution in [0.3, 0.4) is 0 Å². The maximum Gasteiger partial charge on any atom is 0.419 e. The second-order valence-corrected chi connectivity index (χ2v) is 11.3. The summed E-state index contributed by atoms with van der Waals surface area (Å²) in [7, 11) is 0. The molecule has 0 spiro atoms. The molecule has 8 nitrogen and oxygen atoms in total. The number of alkyl halides is 3. The molecule has 1 aliphatic heterocycles. The van der Waals surface area contributed by atoms with E-state index >= 15 is 0 Å². The number of benzene rings is 3. The number of carbonyl (C=O) groups is 1. The van der Waals surface area contributed by atoms with Crippen molar-refractivity contribution in [2.45, 2.75) is 51.4 Å². The summed E-state index contributed by atoms with van der Waals surface area (Å²) >= 11 is 0. The highest BCUT2D eigenvalue weighted by molar-refractivity contribution is 5.80. The van der Waals surface area contributed by atoms with E-state index in [0.29, 0.717) is 47.6 Å². The molecule has 2 heterocycles. The van der Waals surface area contributed by atoms with Crippen molar-refractivity contribution >= 4 is 16.8 Å². The van der Waals surface area contributed by atoms with Crippen molar-refractivity contribution in [2.75, 3.05) is 32.8 Å². The van der Waals surface area contributed by atoms with Gasteiger partial charge in [-0.15, -0.1) is 0 Å². The third kappa shape index (κ3) is 7.07. The lowest BCUT2D eigenvalue weighted by atomic mass is 10.1. The van der Waals surface area contributed by atoms with Crippen molar-refractivity contribution < 1.29 is 32.2 Å². The fourth-order valence-electron chi connectivity index (χ4n) is 6.02. The number of likely N-dealkylation sites (tertiary alicyclic amines) is 1. The van der Waals surface area contributed by atoms with E-state index in [4.69, 9.17) is 9.72 Å². The SMILES string of the molecule is CCOc1ccc(-n2c(C(C)N(CCN3CCC[C@H]3CO)C(=O)Cc3ccc(F)c(C(F)(F)F)c3)nc3ccccc3c2=O)cc1. The molecule has 46 heavy (non-hydrogen) atoms. The Hall–Kier alpha value is -4.29. The summed E-state index contributed by atoms with van der Waals surface area (Å²) in [5, 5.41) is 10.2. The molecule has 1 unspecified atom stereocenters. The largest absolute Gasteiger partial charge is 0.494 e. The quantitative estimate of drug-likeness (QED) is 0.217. The average molecular weight is 641 g/mol. The number of hydrogen-bond donors (Lipinski definition) is 1. The number of aliphatic hydroxyl groups is 1. The van der Waals surface area contributed by atoms with Crippen LogP contribution in [0.1, 0.15) is 49.7 Å². The van der Waals surface area contributed by atoms with Crippen molar-refractivity contribution in [2.24, 2.45) is 0 Å². The summed E-state index contributed by atoms with van der Waals surface area (Å²) in [6.07, 6.45) is -3.67. The summed E-state index contributed by atoms with van der Waals surface area (Å²) in [4.78, 5) is 36.4. The molecule has 0 saturated carbocycles. The van der Waals surface area contributed by atoms with Gasteiger partial charge >= 0.3 is 6.18 Å². The molecule has 1 amide bonds. The summed E-state index contributed by atoms with van der Waals surface area (Å²) in [5.41, 5.74) is -0.870. The van der Waals surface area contributed by atoms with Gasteiger partial charge in [0.1, 0.15) is 17.4 Å². The van der Waals surface area contributed by atoms with Crippen molar-refractivity contribution in [1.29, 1.82) is 0 Å². The van der Waals surface area contributed by atoms with Crippen LogP contribution in [0.25, 0.3) is 16.6 Å². The molecule has 12 heteroatoms. The van der Waals surface area contributed by atoms with Gasteiger partial charge in [0.2, 0.25) is 5.91 Å². The number of aliphatic hydroxyl groups excluding tert-OH is 1. The molecule has 0 radical (unpaired) electrons. The van der Waals surface area contributed by atoms with E-state index < -0.39 is 35.9 Å². The molecule has 1 N–H and O–H groups in total. The highest BCUT2D eigenvalue weighted by Gasteiger charge is 2.35. The Morgan fingerprint density at radius 1 is 1.13 bits per heavy atom. The number of ether oxygens (including phenoxy) is 1. The van der Waals surface area contributed by atoms with Gasteiger partial charge in [-0.2, -0.15) is 13.2 Å². The topological polar surface area (TPSA) is 87.9 Å². The molecule has 4 aromatic rings. The van der Waals surface area contributed by atoms with E-state index in [-0.39, 0.29) is 36.1 Å². The molecule has 5 rings (SSSR count). The molecule has 1 saturated heterocycles. The third-order valence-corrected chi connectivity index (χ3v) is 8.40. The van der Waals surface area contributed by atoms with Gasteiger partial charge in [-0.1, -0.05) is 18.2 Å². The molecule has 1 fully saturated rings. The number of amides is 1. The van der Waals surface area contributed by atoms with Gasteiger partial charge in [-0.25, -0.2) is 9.37 Å². The van der Waals surface area contributed by atoms with Gasteiger partial charge in [-0.3, -0.25) is 19.1 Å². The first kappa shape index (κ1) is 33.1. The van der Waals surface area contributed by atoms with Crippen LogP contribution in [0, 0.1) is 5.82 Å². The Balaban J connectivity index is 1.57. The zero-order valence-corrected chi connectivity index (χ0v) is 25.6. The Kier molecular flexibility index (Phi) is 10.1. The van der Waals surface area contributed by atoms with Crippen LogP contribution in [-0.4, -0.2) is 69.3 Å². The Morgan fingerprint density at radius 2 is 1.87 bits per heavy atom. The highest BCUT2D eigenvalue weighted by Crippen LogP contribution is 2.32. The van der Waals surface area contributed by atoms with E-state index in [1.165, 1.54) is 9.47 Å². The number of aromatic nitrogens is 2. The van der Waals surface area contributed by atoms with Crippen molar-refractivity contribution in [3.05, 3.63) is 99.9 Å². The van der Waals surface area contributed by atoms with E-state index in [1.54, 1.807) is 55.5 Å². The summed E-state index contributed by atoms with van der Waals surface area (Å²) in [6, 6.07) is 15.4. The number of carbonyl (C=O) groups excluding carboxylic acids is 1. The molecule has 2 atom stereocenters. The van der Waals surface area contributed by atoms with Crippen LogP contribution in [-0.2, 0) is 17.4 Å². The molecular weight excluding hydrogens is 604 g/mol. The number of hydrogen-bond acceptors (Lipinski definition) is 6. The maximum absolute atomic E-state index is 14.0. The normalized spacial score (nSPS) is 16.1. The molecule has 244 valence electrons. The van der Waals surface area contributed by atoms with Gasteiger partial charge in [0.15, 0.2) is 0 Å².